The summed E-state index contributed by atoms with van der Waals surface area (Å²) in [5.41, 5.74) is 0. The minimum Gasteiger partial charge on any atom is -0.232 e. The van der Waals surface area contributed by atoms with Crippen molar-refractivity contribution in [3.63, 3.8) is 0 Å². The molecule has 0 fully saturated rings. The van der Waals surface area contributed by atoms with Crippen LogP contribution < -0.4 is 0 Å². The van der Waals surface area contributed by atoms with Crippen molar-refractivity contribution in [2.75, 3.05) is 28.2 Å². The van der Waals surface area contributed by atoms with Crippen molar-refractivity contribution in [3.05, 3.63) is 0 Å². The maximum atomic E-state index is 5.04. The van der Waals surface area contributed by atoms with E-state index in [0.29, 0.717) is 0 Å². The fraction of sp³-hybridized carbons (Fsp3) is 1.00. The summed E-state index contributed by atoms with van der Waals surface area (Å²) in [5, 5.41) is 0. The molecule has 56 valence electrons. The van der Waals surface area contributed by atoms with Crippen molar-refractivity contribution in [1.82, 2.24) is 8.61 Å². The van der Waals surface area contributed by atoms with Crippen molar-refractivity contribution in [2.24, 2.45) is 0 Å². The Labute approximate surface area is 65.4 Å². The van der Waals surface area contributed by atoms with Gasteiger partial charge in [0.1, 0.15) is 0 Å². The molecular weight excluding hydrogens is 156 g/mol. The second-order valence-electron chi connectivity index (χ2n) is 1.84. The molecule has 0 saturated heterocycles. The van der Waals surface area contributed by atoms with Crippen LogP contribution in [0.1, 0.15) is 0 Å². The normalized spacial score (nSPS) is 11.3. The van der Waals surface area contributed by atoms with Crippen molar-refractivity contribution in [3.8, 4) is 0 Å². The molecule has 3 nitrogen and oxygen atoms in total. The maximum Gasteiger partial charge on any atom is 0.0975 e. The standard InChI is InChI=1S/C4H12N2OS2/c1-5(2)8-7-9-6(3)4/h1-4H3. The second-order valence-corrected chi connectivity index (χ2v) is 4.14. The molecular formula is C4H12N2OS2. The van der Waals surface area contributed by atoms with Gasteiger partial charge in [0.25, 0.3) is 0 Å². The summed E-state index contributed by atoms with van der Waals surface area (Å²) in [7, 11) is 7.73. The minimum absolute atomic E-state index is 1.31. The Morgan fingerprint density at radius 1 is 0.889 bits per heavy atom. The molecule has 0 aromatic heterocycles. The lowest BCUT2D eigenvalue weighted by atomic mass is 11.3. The Kier molecular flexibility index (Phi) is 5.72. The predicted octanol–water partition coefficient (Wildman–Crippen LogP) is 1.25. The van der Waals surface area contributed by atoms with Crippen LogP contribution in [0.2, 0.25) is 0 Å². The zero-order valence-electron chi connectivity index (χ0n) is 6.12. The lowest BCUT2D eigenvalue weighted by molar-refractivity contribution is 0.585. The molecule has 0 spiro atoms. The molecule has 0 radical (unpaired) electrons. The van der Waals surface area contributed by atoms with Gasteiger partial charge in [-0.1, -0.05) is 0 Å². The first-order valence-electron chi connectivity index (χ1n) is 2.49. The Morgan fingerprint density at radius 2 is 1.22 bits per heavy atom. The van der Waals surface area contributed by atoms with E-state index in [4.69, 9.17) is 3.63 Å². The molecule has 0 rings (SSSR count). The van der Waals surface area contributed by atoms with Crippen LogP contribution in [0.15, 0.2) is 0 Å². The molecule has 0 bridgehead atoms. The summed E-state index contributed by atoms with van der Waals surface area (Å²) in [4.78, 5) is 0. The number of hydrogen-bond acceptors (Lipinski definition) is 5. The van der Waals surface area contributed by atoms with Gasteiger partial charge < -0.3 is 0 Å². The summed E-state index contributed by atoms with van der Waals surface area (Å²) in [6, 6.07) is 0. The first kappa shape index (κ1) is 9.58. The van der Waals surface area contributed by atoms with Crippen molar-refractivity contribution < 1.29 is 3.63 Å². The molecule has 0 aromatic carbocycles. The fourth-order valence-electron chi connectivity index (χ4n) is 0.135. The zero-order valence-corrected chi connectivity index (χ0v) is 7.75. The number of hydrogen-bond donors (Lipinski definition) is 0. The molecule has 0 saturated carbocycles. The highest BCUT2D eigenvalue weighted by Crippen LogP contribution is 2.16. The predicted molar refractivity (Wildman–Crippen MR) is 43.6 cm³/mol. The number of rotatable bonds is 4. The monoisotopic (exact) mass is 168 g/mol. The van der Waals surface area contributed by atoms with Crippen LogP contribution in [0.3, 0.4) is 0 Å². The molecule has 0 unspecified atom stereocenters. The van der Waals surface area contributed by atoms with E-state index < -0.39 is 0 Å². The Hall–Kier alpha value is 0.580. The van der Waals surface area contributed by atoms with Crippen LogP contribution in [0, 0.1) is 0 Å². The van der Waals surface area contributed by atoms with Crippen LogP contribution in [0.25, 0.3) is 0 Å². The van der Waals surface area contributed by atoms with Crippen molar-refractivity contribution in [2.45, 2.75) is 0 Å². The van der Waals surface area contributed by atoms with E-state index in [-0.39, 0.29) is 0 Å². The first-order valence-corrected chi connectivity index (χ1v) is 3.88. The Balaban J connectivity index is 2.91. The number of nitrogens with zero attached hydrogens (tertiary/aromatic N) is 2. The third kappa shape index (κ3) is 8.58. The molecule has 0 aliphatic rings. The highest BCUT2D eigenvalue weighted by molar-refractivity contribution is 8.05. The van der Waals surface area contributed by atoms with E-state index in [1.54, 1.807) is 0 Å². The van der Waals surface area contributed by atoms with Gasteiger partial charge in [-0.2, -0.15) is 0 Å². The van der Waals surface area contributed by atoms with E-state index in [0.717, 1.165) is 0 Å². The molecule has 0 heterocycles. The van der Waals surface area contributed by atoms with Gasteiger partial charge in [-0.3, -0.25) is 0 Å². The lowest BCUT2D eigenvalue weighted by Gasteiger charge is -2.09. The van der Waals surface area contributed by atoms with Gasteiger partial charge in [0.2, 0.25) is 0 Å². The van der Waals surface area contributed by atoms with E-state index in [2.05, 4.69) is 0 Å². The van der Waals surface area contributed by atoms with Crippen LogP contribution in [-0.2, 0) is 3.63 Å². The highest BCUT2D eigenvalue weighted by atomic mass is 32.2. The van der Waals surface area contributed by atoms with Crippen molar-refractivity contribution >= 4 is 24.5 Å². The Bertz CT molecular complexity index is 61.6. The average molecular weight is 168 g/mol. The van der Waals surface area contributed by atoms with Gasteiger partial charge in [-0.05, 0) is 28.2 Å². The van der Waals surface area contributed by atoms with E-state index in [9.17, 15) is 0 Å². The van der Waals surface area contributed by atoms with Crippen LogP contribution >= 0.6 is 24.5 Å². The molecule has 0 aliphatic heterocycles. The van der Waals surface area contributed by atoms with Gasteiger partial charge in [-0.25, -0.2) is 12.2 Å². The minimum atomic E-state index is 1.31. The second kappa shape index (κ2) is 5.37. The first-order chi connectivity index (χ1) is 4.13. The fourth-order valence-corrected chi connectivity index (χ4v) is 1.22. The molecule has 0 N–H and O–H groups in total. The van der Waals surface area contributed by atoms with Gasteiger partial charge in [0, 0.05) is 0 Å². The molecule has 5 heteroatoms. The van der Waals surface area contributed by atoms with Gasteiger partial charge in [0.15, 0.2) is 0 Å². The SMILES string of the molecule is CN(C)SOSN(C)C. The van der Waals surface area contributed by atoms with Crippen LogP contribution in [0.4, 0.5) is 0 Å². The quantitative estimate of drug-likeness (QED) is 0.462. The summed E-state index contributed by atoms with van der Waals surface area (Å²) in [6.45, 7) is 0. The summed E-state index contributed by atoms with van der Waals surface area (Å²) < 4.78 is 8.81. The largest absolute Gasteiger partial charge is 0.232 e. The van der Waals surface area contributed by atoms with Crippen molar-refractivity contribution in [1.29, 1.82) is 0 Å². The molecule has 0 amide bonds. The van der Waals surface area contributed by atoms with E-state index >= 15 is 0 Å². The zero-order chi connectivity index (χ0) is 7.28. The van der Waals surface area contributed by atoms with Gasteiger partial charge in [0.05, 0.1) is 24.5 Å². The topological polar surface area (TPSA) is 15.7 Å². The third-order valence-electron chi connectivity index (χ3n) is 0.359. The van der Waals surface area contributed by atoms with E-state index in [1.807, 2.05) is 36.8 Å². The van der Waals surface area contributed by atoms with Gasteiger partial charge in [-0.15, -0.1) is 0 Å². The van der Waals surface area contributed by atoms with Crippen LogP contribution in [-0.4, -0.2) is 36.8 Å². The molecule has 9 heavy (non-hydrogen) atoms. The third-order valence-corrected chi connectivity index (χ3v) is 1.44. The van der Waals surface area contributed by atoms with Crippen LogP contribution in [0.5, 0.6) is 0 Å². The smallest absolute Gasteiger partial charge is 0.0975 e. The van der Waals surface area contributed by atoms with E-state index in [1.165, 1.54) is 24.5 Å². The summed E-state index contributed by atoms with van der Waals surface area (Å²) in [6.07, 6.45) is 0. The molecule has 0 aromatic rings. The van der Waals surface area contributed by atoms with Gasteiger partial charge >= 0.3 is 0 Å². The lowest BCUT2D eigenvalue weighted by Crippen LogP contribution is -2.02. The summed E-state index contributed by atoms with van der Waals surface area (Å²) >= 11 is 2.63. The highest BCUT2D eigenvalue weighted by Gasteiger charge is 1.93. The Morgan fingerprint density at radius 3 is 1.44 bits per heavy atom. The molecule has 0 aliphatic carbocycles. The summed E-state index contributed by atoms with van der Waals surface area (Å²) in [5.74, 6) is 0. The molecule has 0 atom stereocenters. The average Bonchev–Trinajstić information content (AvgIpc) is 1.63. The maximum absolute atomic E-state index is 5.04.